The van der Waals surface area contributed by atoms with Crippen LogP contribution < -0.4 is 4.74 Å². The highest BCUT2D eigenvalue weighted by atomic mass is 32.2. The van der Waals surface area contributed by atoms with Crippen molar-refractivity contribution < 1.29 is 31.4 Å². The maximum absolute atomic E-state index is 13.1. The number of halogens is 3. The van der Waals surface area contributed by atoms with Gasteiger partial charge in [0.25, 0.3) is 0 Å². The first-order valence-electron chi connectivity index (χ1n) is 7.78. The van der Waals surface area contributed by atoms with Crippen molar-refractivity contribution in [2.24, 2.45) is 0 Å². The van der Waals surface area contributed by atoms with Crippen LogP contribution in [-0.2, 0) is 21.6 Å². The number of ether oxygens (including phenoxy) is 1. The van der Waals surface area contributed by atoms with Crippen molar-refractivity contribution in [2.45, 2.75) is 54.4 Å². The molecular formula is C16H19F3O4S. The standard InChI is InChI=1S/C16H19F3O4S/c1-23-12-6-10(5-11(7-12)16(17,18)19)15(20)8-13-3-2-4-14(9-15)24(13,21)22/h5-7,13-14,20H,2-4,8-9H2,1H3. The van der Waals surface area contributed by atoms with E-state index >= 15 is 0 Å². The van der Waals surface area contributed by atoms with E-state index in [1.54, 1.807) is 0 Å². The molecule has 0 aliphatic carbocycles. The van der Waals surface area contributed by atoms with Crippen molar-refractivity contribution in [3.8, 4) is 5.75 Å². The molecule has 24 heavy (non-hydrogen) atoms. The zero-order valence-corrected chi connectivity index (χ0v) is 14.0. The van der Waals surface area contributed by atoms with Gasteiger partial charge in [0.2, 0.25) is 0 Å². The molecule has 1 aromatic rings. The van der Waals surface area contributed by atoms with E-state index in [0.29, 0.717) is 12.8 Å². The molecule has 0 radical (unpaired) electrons. The number of hydrogen-bond donors (Lipinski definition) is 1. The lowest BCUT2D eigenvalue weighted by Crippen LogP contribution is -2.50. The lowest BCUT2D eigenvalue weighted by Gasteiger charge is -2.44. The summed E-state index contributed by atoms with van der Waals surface area (Å²) in [7, 11) is -2.06. The molecule has 2 fully saturated rings. The van der Waals surface area contributed by atoms with Gasteiger partial charge in [0.05, 0.1) is 28.8 Å². The van der Waals surface area contributed by atoms with Gasteiger partial charge in [0, 0.05) is 0 Å². The van der Waals surface area contributed by atoms with Crippen molar-refractivity contribution in [3.05, 3.63) is 29.3 Å². The molecule has 0 aromatic heterocycles. The van der Waals surface area contributed by atoms with Crippen molar-refractivity contribution in [1.82, 2.24) is 0 Å². The fourth-order valence-electron chi connectivity index (χ4n) is 3.83. The Morgan fingerprint density at radius 2 is 1.75 bits per heavy atom. The van der Waals surface area contributed by atoms with Crippen molar-refractivity contribution in [3.63, 3.8) is 0 Å². The summed E-state index contributed by atoms with van der Waals surface area (Å²) >= 11 is 0. The summed E-state index contributed by atoms with van der Waals surface area (Å²) < 4.78 is 68.9. The summed E-state index contributed by atoms with van der Waals surface area (Å²) in [5.74, 6) is -0.00756. The molecule has 0 amide bonds. The number of aliphatic hydroxyl groups is 1. The molecule has 2 saturated heterocycles. The second-order valence-electron chi connectivity index (χ2n) is 6.65. The van der Waals surface area contributed by atoms with E-state index in [1.807, 2.05) is 0 Å². The monoisotopic (exact) mass is 364 g/mol. The third kappa shape index (κ3) is 2.90. The Morgan fingerprint density at radius 1 is 1.17 bits per heavy atom. The first-order chi connectivity index (χ1) is 11.1. The Balaban J connectivity index is 2.05. The quantitative estimate of drug-likeness (QED) is 0.876. The van der Waals surface area contributed by atoms with Crippen LogP contribution in [0.2, 0.25) is 0 Å². The van der Waals surface area contributed by atoms with Gasteiger partial charge in [-0.3, -0.25) is 0 Å². The van der Waals surface area contributed by atoms with Crippen LogP contribution in [0.3, 0.4) is 0 Å². The predicted octanol–water partition coefficient (Wildman–Crippen LogP) is 3.03. The second kappa shape index (κ2) is 5.62. The summed E-state index contributed by atoms with van der Waals surface area (Å²) in [5.41, 5.74) is -2.43. The minimum atomic E-state index is -4.57. The minimum Gasteiger partial charge on any atom is -0.497 e. The topological polar surface area (TPSA) is 63.6 Å². The van der Waals surface area contributed by atoms with E-state index in [9.17, 15) is 26.7 Å². The van der Waals surface area contributed by atoms with Crippen molar-refractivity contribution in [2.75, 3.05) is 7.11 Å². The van der Waals surface area contributed by atoms with Crippen LogP contribution in [0.5, 0.6) is 5.75 Å². The SMILES string of the molecule is COc1cc(C(F)(F)F)cc(C2(O)CC3CCCC(C2)S3(=O)=O)c1. The number of hydrogen-bond acceptors (Lipinski definition) is 4. The average molecular weight is 364 g/mol. The summed E-state index contributed by atoms with van der Waals surface area (Å²) in [4.78, 5) is 0. The van der Waals surface area contributed by atoms with Gasteiger partial charge in [0.15, 0.2) is 9.84 Å². The van der Waals surface area contributed by atoms with E-state index in [2.05, 4.69) is 0 Å². The Bertz CT molecular complexity index is 722. The van der Waals surface area contributed by atoms with Crippen molar-refractivity contribution >= 4 is 9.84 Å². The summed E-state index contributed by atoms with van der Waals surface area (Å²) in [6, 6.07) is 3.13. The number of benzene rings is 1. The van der Waals surface area contributed by atoms with Gasteiger partial charge < -0.3 is 9.84 Å². The first kappa shape index (κ1) is 17.5. The van der Waals surface area contributed by atoms with E-state index < -0.39 is 37.7 Å². The van der Waals surface area contributed by atoms with Crippen LogP contribution in [0.1, 0.15) is 43.2 Å². The van der Waals surface area contributed by atoms with Gasteiger partial charge in [0.1, 0.15) is 5.75 Å². The Labute approximate surface area is 138 Å². The Morgan fingerprint density at radius 3 is 2.25 bits per heavy atom. The zero-order valence-electron chi connectivity index (χ0n) is 13.1. The van der Waals surface area contributed by atoms with E-state index in [-0.39, 0.29) is 24.2 Å². The Kier molecular flexibility index (Phi) is 4.11. The molecule has 2 bridgehead atoms. The van der Waals surface area contributed by atoms with Crippen molar-refractivity contribution in [1.29, 1.82) is 0 Å². The second-order valence-corrected chi connectivity index (χ2v) is 9.16. The molecule has 2 aliphatic rings. The maximum Gasteiger partial charge on any atom is 0.416 e. The van der Waals surface area contributed by atoms with Crippen LogP contribution in [0.15, 0.2) is 18.2 Å². The number of fused-ring (bicyclic) bond motifs is 2. The summed E-state index contributed by atoms with van der Waals surface area (Å²) in [5, 5.41) is 9.61. The first-order valence-corrected chi connectivity index (χ1v) is 9.39. The summed E-state index contributed by atoms with van der Waals surface area (Å²) in [6.07, 6.45) is -3.08. The zero-order chi connectivity index (χ0) is 17.8. The molecule has 134 valence electrons. The molecule has 2 aliphatic heterocycles. The van der Waals surface area contributed by atoms with E-state index in [0.717, 1.165) is 18.6 Å². The van der Waals surface area contributed by atoms with Gasteiger partial charge in [-0.25, -0.2) is 8.42 Å². The van der Waals surface area contributed by atoms with Gasteiger partial charge in [-0.15, -0.1) is 0 Å². The average Bonchev–Trinajstić information content (AvgIpc) is 2.47. The molecule has 2 atom stereocenters. The number of sulfone groups is 1. The van der Waals surface area contributed by atoms with Crippen LogP contribution in [-0.4, -0.2) is 31.1 Å². The molecule has 1 aromatic carbocycles. The van der Waals surface area contributed by atoms with E-state index in [4.69, 9.17) is 4.74 Å². The number of rotatable bonds is 2. The lowest BCUT2D eigenvalue weighted by molar-refractivity contribution is -0.137. The highest BCUT2D eigenvalue weighted by molar-refractivity contribution is 7.92. The van der Waals surface area contributed by atoms with Crippen LogP contribution in [0.4, 0.5) is 13.2 Å². The van der Waals surface area contributed by atoms with Gasteiger partial charge in [-0.2, -0.15) is 13.2 Å². The third-order valence-corrected chi connectivity index (χ3v) is 7.78. The summed E-state index contributed by atoms with van der Waals surface area (Å²) in [6.45, 7) is 0. The smallest absolute Gasteiger partial charge is 0.416 e. The molecule has 1 N–H and O–H groups in total. The van der Waals surface area contributed by atoms with Gasteiger partial charge >= 0.3 is 6.18 Å². The fourth-order valence-corrected chi connectivity index (χ4v) is 6.38. The molecule has 8 heteroatoms. The number of alkyl halides is 3. The Hall–Kier alpha value is -1.28. The minimum absolute atomic E-state index is 0.00756. The van der Waals surface area contributed by atoms with Crippen LogP contribution in [0, 0.1) is 0 Å². The number of methoxy groups -OCH3 is 1. The normalized spacial score (nSPS) is 32.4. The predicted molar refractivity (Wildman–Crippen MR) is 81.5 cm³/mol. The van der Waals surface area contributed by atoms with Gasteiger partial charge in [-0.1, -0.05) is 6.42 Å². The largest absolute Gasteiger partial charge is 0.497 e. The van der Waals surface area contributed by atoms with E-state index in [1.165, 1.54) is 13.2 Å². The fraction of sp³-hybridized carbons (Fsp3) is 0.625. The molecule has 4 nitrogen and oxygen atoms in total. The van der Waals surface area contributed by atoms with Crippen LogP contribution >= 0.6 is 0 Å². The lowest BCUT2D eigenvalue weighted by atomic mass is 9.80. The molecular weight excluding hydrogens is 345 g/mol. The highest BCUT2D eigenvalue weighted by Crippen LogP contribution is 2.47. The van der Waals surface area contributed by atoms with Gasteiger partial charge in [-0.05, 0) is 49.4 Å². The molecule has 2 unspecified atom stereocenters. The molecule has 0 saturated carbocycles. The maximum atomic E-state index is 13.1. The van der Waals surface area contributed by atoms with Crippen LogP contribution in [0.25, 0.3) is 0 Å². The molecule has 3 rings (SSSR count). The molecule has 2 heterocycles. The molecule has 0 spiro atoms. The highest BCUT2D eigenvalue weighted by Gasteiger charge is 2.51. The third-order valence-electron chi connectivity index (χ3n) is 5.12.